The highest BCUT2D eigenvalue weighted by molar-refractivity contribution is 5.39. The Morgan fingerprint density at radius 3 is 2.58 bits per heavy atom. The zero-order valence-electron chi connectivity index (χ0n) is 6.90. The summed E-state index contributed by atoms with van der Waals surface area (Å²) >= 11 is 0. The van der Waals surface area contributed by atoms with Crippen LogP contribution in [0.15, 0.2) is 0 Å². The SMILES string of the molecule is Nc1c(C2CC2)nnn1C1CC1. The van der Waals surface area contributed by atoms with E-state index < -0.39 is 0 Å². The molecule has 1 heterocycles. The van der Waals surface area contributed by atoms with Crippen LogP contribution in [0.5, 0.6) is 0 Å². The molecular formula is C8H12N4. The highest BCUT2D eigenvalue weighted by Gasteiger charge is 2.33. The fraction of sp³-hybridized carbons (Fsp3) is 0.750. The summed E-state index contributed by atoms with van der Waals surface area (Å²) in [6.45, 7) is 0. The minimum Gasteiger partial charge on any atom is -0.382 e. The van der Waals surface area contributed by atoms with Crippen LogP contribution in [0.2, 0.25) is 0 Å². The number of aromatic nitrogens is 3. The first-order valence-electron chi connectivity index (χ1n) is 4.57. The van der Waals surface area contributed by atoms with Gasteiger partial charge in [0.1, 0.15) is 11.5 Å². The van der Waals surface area contributed by atoms with Crippen LogP contribution in [0.3, 0.4) is 0 Å². The van der Waals surface area contributed by atoms with E-state index in [0.717, 1.165) is 11.5 Å². The smallest absolute Gasteiger partial charge is 0.146 e. The van der Waals surface area contributed by atoms with Gasteiger partial charge < -0.3 is 5.73 Å². The molecule has 1 aromatic rings. The van der Waals surface area contributed by atoms with E-state index in [1.165, 1.54) is 25.7 Å². The van der Waals surface area contributed by atoms with E-state index in [9.17, 15) is 0 Å². The zero-order chi connectivity index (χ0) is 8.13. The van der Waals surface area contributed by atoms with Gasteiger partial charge in [-0.3, -0.25) is 0 Å². The monoisotopic (exact) mass is 164 g/mol. The summed E-state index contributed by atoms with van der Waals surface area (Å²) < 4.78 is 1.90. The van der Waals surface area contributed by atoms with Crippen molar-refractivity contribution in [1.29, 1.82) is 0 Å². The minimum atomic E-state index is 0.560. The lowest BCUT2D eigenvalue weighted by Gasteiger charge is -1.98. The Morgan fingerprint density at radius 1 is 1.25 bits per heavy atom. The molecule has 3 rings (SSSR count). The van der Waals surface area contributed by atoms with Crippen molar-refractivity contribution >= 4 is 5.82 Å². The maximum absolute atomic E-state index is 5.92. The Bertz CT molecular complexity index is 279. The molecule has 0 aromatic carbocycles. The molecule has 64 valence electrons. The number of hydrogen-bond acceptors (Lipinski definition) is 3. The Hall–Kier alpha value is -1.06. The summed E-state index contributed by atoms with van der Waals surface area (Å²) in [4.78, 5) is 0. The van der Waals surface area contributed by atoms with Crippen molar-refractivity contribution in [2.75, 3.05) is 5.73 Å². The maximum atomic E-state index is 5.92. The van der Waals surface area contributed by atoms with Crippen LogP contribution in [0.4, 0.5) is 5.82 Å². The van der Waals surface area contributed by atoms with E-state index in [0.29, 0.717) is 12.0 Å². The molecule has 4 heteroatoms. The van der Waals surface area contributed by atoms with E-state index in [2.05, 4.69) is 10.3 Å². The molecule has 0 atom stereocenters. The first kappa shape index (κ1) is 6.46. The van der Waals surface area contributed by atoms with Gasteiger partial charge in [0.05, 0.1) is 6.04 Å². The van der Waals surface area contributed by atoms with E-state index in [-0.39, 0.29) is 0 Å². The van der Waals surface area contributed by atoms with Crippen LogP contribution in [0, 0.1) is 0 Å². The van der Waals surface area contributed by atoms with Crippen LogP contribution in [0.25, 0.3) is 0 Å². The summed E-state index contributed by atoms with van der Waals surface area (Å²) in [6.07, 6.45) is 4.93. The van der Waals surface area contributed by atoms with Crippen molar-refractivity contribution in [3.8, 4) is 0 Å². The van der Waals surface area contributed by atoms with Gasteiger partial charge in [0.15, 0.2) is 0 Å². The number of rotatable bonds is 2. The van der Waals surface area contributed by atoms with Gasteiger partial charge >= 0.3 is 0 Å². The fourth-order valence-electron chi connectivity index (χ4n) is 1.55. The van der Waals surface area contributed by atoms with Crippen LogP contribution < -0.4 is 5.73 Å². The number of nitrogens with zero attached hydrogens (tertiary/aromatic N) is 3. The summed E-state index contributed by atoms with van der Waals surface area (Å²) in [5.41, 5.74) is 6.97. The summed E-state index contributed by atoms with van der Waals surface area (Å²) in [7, 11) is 0. The van der Waals surface area contributed by atoms with E-state index >= 15 is 0 Å². The van der Waals surface area contributed by atoms with Gasteiger partial charge in [-0.15, -0.1) is 5.10 Å². The van der Waals surface area contributed by atoms with Crippen molar-refractivity contribution in [1.82, 2.24) is 15.0 Å². The van der Waals surface area contributed by atoms with Gasteiger partial charge in [-0.1, -0.05) is 5.21 Å². The van der Waals surface area contributed by atoms with Crippen molar-refractivity contribution in [3.63, 3.8) is 0 Å². The second-order valence-electron chi connectivity index (χ2n) is 3.81. The van der Waals surface area contributed by atoms with E-state index in [1.54, 1.807) is 0 Å². The normalized spacial score (nSPS) is 23.0. The van der Waals surface area contributed by atoms with Crippen LogP contribution in [0.1, 0.15) is 43.3 Å². The average Bonchev–Trinajstić information content (AvgIpc) is 2.94. The highest BCUT2D eigenvalue weighted by Crippen LogP contribution is 2.44. The van der Waals surface area contributed by atoms with Crippen molar-refractivity contribution in [2.24, 2.45) is 0 Å². The Labute approximate surface area is 70.7 Å². The fourth-order valence-corrected chi connectivity index (χ4v) is 1.55. The average molecular weight is 164 g/mol. The molecule has 2 saturated carbocycles. The molecule has 0 aliphatic heterocycles. The predicted octanol–water partition coefficient (Wildman–Crippen LogP) is 1.07. The lowest BCUT2D eigenvalue weighted by molar-refractivity contribution is 0.618. The van der Waals surface area contributed by atoms with E-state index in [4.69, 9.17) is 5.73 Å². The summed E-state index contributed by atoms with van der Waals surface area (Å²) in [6, 6.07) is 0.560. The minimum absolute atomic E-state index is 0.560. The molecule has 2 aliphatic carbocycles. The van der Waals surface area contributed by atoms with Gasteiger partial charge in [-0.2, -0.15) is 0 Å². The molecular weight excluding hydrogens is 152 g/mol. The molecule has 0 spiro atoms. The summed E-state index contributed by atoms with van der Waals surface area (Å²) in [5, 5.41) is 8.21. The molecule has 0 bridgehead atoms. The molecule has 0 amide bonds. The van der Waals surface area contributed by atoms with Gasteiger partial charge in [0, 0.05) is 5.92 Å². The van der Waals surface area contributed by atoms with E-state index in [1.807, 2.05) is 4.68 Å². The molecule has 1 aromatic heterocycles. The standard InChI is InChI=1S/C8H12N4/c9-8-7(5-1-2-5)10-11-12(8)6-3-4-6/h5-6H,1-4,9H2. The second kappa shape index (κ2) is 2.00. The third kappa shape index (κ3) is 0.838. The van der Waals surface area contributed by atoms with Gasteiger partial charge in [-0.25, -0.2) is 4.68 Å². The molecule has 2 fully saturated rings. The summed E-state index contributed by atoms with van der Waals surface area (Å²) in [5.74, 6) is 1.44. The lowest BCUT2D eigenvalue weighted by atomic mass is 10.3. The van der Waals surface area contributed by atoms with Gasteiger partial charge in [-0.05, 0) is 25.7 Å². The molecule has 2 aliphatic rings. The number of hydrogen-bond donors (Lipinski definition) is 1. The van der Waals surface area contributed by atoms with Gasteiger partial charge in [0.2, 0.25) is 0 Å². The zero-order valence-corrected chi connectivity index (χ0v) is 6.90. The van der Waals surface area contributed by atoms with Crippen molar-refractivity contribution in [2.45, 2.75) is 37.6 Å². The third-order valence-electron chi connectivity index (χ3n) is 2.61. The Kier molecular flexibility index (Phi) is 1.07. The van der Waals surface area contributed by atoms with Crippen molar-refractivity contribution < 1.29 is 0 Å². The topological polar surface area (TPSA) is 56.7 Å². The van der Waals surface area contributed by atoms with Crippen LogP contribution in [-0.2, 0) is 0 Å². The third-order valence-corrected chi connectivity index (χ3v) is 2.61. The quantitative estimate of drug-likeness (QED) is 0.711. The maximum Gasteiger partial charge on any atom is 0.146 e. The highest BCUT2D eigenvalue weighted by atomic mass is 15.5. The molecule has 2 N–H and O–H groups in total. The molecule has 0 saturated heterocycles. The predicted molar refractivity (Wildman–Crippen MR) is 44.7 cm³/mol. The number of nitrogens with two attached hydrogens (primary N) is 1. The lowest BCUT2D eigenvalue weighted by Crippen LogP contribution is -2.02. The Morgan fingerprint density at radius 2 is 2.00 bits per heavy atom. The molecule has 0 unspecified atom stereocenters. The van der Waals surface area contributed by atoms with Crippen LogP contribution in [-0.4, -0.2) is 15.0 Å². The van der Waals surface area contributed by atoms with Crippen molar-refractivity contribution in [3.05, 3.63) is 5.69 Å². The second-order valence-corrected chi connectivity index (χ2v) is 3.81. The van der Waals surface area contributed by atoms with Gasteiger partial charge in [0.25, 0.3) is 0 Å². The molecule has 4 nitrogen and oxygen atoms in total. The number of anilines is 1. The largest absolute Gasteiger partial charge is 0.382 e. The molecule has 0 radical (unpaired) electrons. The first-order chi connectivity index (χ1) is 5.86. The first-order valence-corrected chi connectivity index (χ1v) is 4.57. The van der Waals surface area contributed by atoms with Crippen LogP contribution >= 0.6 is 0 Å². The molecule has 12 heavy (non-hydrogen) atoms. The Balaban J connectivity index is 1.98. The number of nitrogen functional groups attached to an aromatic ring is 1.